The van der Waals surface area contributed by atoms with E-state index in [9.17, 15) is 10.1 Å². The maximum Gasteiger partial charge on any atom is 0.280 e. The van der Waals surface area contributed by atoms with Crippen molar-refractivity contribution in [3.8, 4) is 22.8 Å². The maximum absolute atomic E-state index is 11.4. The van der Waals surface area contributed by atoms with Crippen LogP contribution in [0.25, 0.3) is 28.4 Å². The third kappa shape index (κ3) is 3.46. The fourth-order valence-corrected chi connectivity index (χ4v) is 4.55. The predicted molar refractivity (Wildman–Crippen MR) is 120 cm³/mol. The van der Waals surface area contributed by atoms with Crippen molar-refractivity contribution in [3.63, 3.8) is 0 Å². The van der Waals surface area contributed by atoms with Crippen LogP contribution in [0.4, 0.5) is 11.5 Å². The highest BCUT2D eigenvalue weighted by Crippen LogP contribution is 2.37. The summed E-state index contributed by atoms with van der Waals surface area (Å²) in [5, 5.41) is 15.1. The zero-order chi connectivity index (χ0) is 21.5. The van der Waals surface area contributed by atoms with Crippen LogP contribution < -0.4 is 5.32 Å². The number of hydrogen-bond donors (Lipinski definition) is 1. The number of imidazole rings is 1. The van der Waals surface area contributed by atoms with E-state index in [-0.39, 0.29) is 10.6 Å². The molecule has 0 unspecified atom stereocenters. The Kier molecular flexibility index (Phi) is 4.73. The van der Waals surface area contributed by atoms with Crippen LogP contribution in [-0.4, -0.2) is 20.3 Å². The van der Waals surface area contributed by atoms with Crippen molar-refractivity contribution in [1.82, 2.24) is 9.38 Å². The first-order valence-corrected chi connectivity index (χ1v) is 10.6. The van der Waals surface area contributed by atoms with E-state index >= 15 is 0 Å². The lowest BCUT2D eigenvalue weighted by Gasteiger charge is -2.15. The molecule has 5 rings (SSSR count). The molecule has 158 valence electrons. The molecule has 0 bridgehead atoms. The van der Waals surface area contributed by atoms with Crippen LogP contribution in [0.5, 0.6) is 0 Å². The second kappa shape index (κ2) is 7.58. The number of pyridine rings is 1. The molecule has 7 heteroatoms. The largest absolute Gasteiger partial charge is 0.454 e. The fourth-order valence-electron chi connectivity index (χ4n) is 4.55. The molecule has 1 aliphatic carbocycles. The highest BCUT2D eigenvalue weighted by Gasteiger charge is 2.24. The summed E-state index contributed by atoms with van der Waals surface area (Å²) in [5.41, 5.74) is 4.31. The summed E-state index contributed by atoms with van der Waals surface area (Å²) in [6, 6.07) is 14.8. The van der Waals surface area contributed by atoms with Gasteiger partial charge in [-0.2, -0.15) is 0 Å². The molecule has 0 aliphatic heterocycles. The summed E-state index contributed by atoms with van der Waals surface area (Å²) >= 11 is 0. The Labute approximate surface area is 179 Å². The third-order valence-corrected chi connectivity index (χ3v) is 5.95. The quantitative estimate of drug-likeness (QED) is 0.312. The van der Waals surface area contributed by atoms with Crippen LogP contribution in [0.15, 0.2) is 52.9 Å². The molecule has 0 amide bonds. The normalized spacial score (nSPS) is 14.4. The molecule has 1 saturated carbocycles. The summed E-state index contributed by atoms with van der Waals surface area (Å²) in [7, 11) is 0. The molecule has 1 fully saturated rings. The van der Waals surface area contributed by atoms with Gasteiger partial charge in [-0.1, -0.05) is 25.0 Å². The molecule has 0 saturated heterocycles. The summed E-state index contributed by atoms with van der Waals surface area (Å²) < 4.78 is 8.26. The van der Waals surface area contributed by atoms with Crippen LogP contribution in [0.2, 0.25) is 0 Å². The summed E-state index contributed by atoms with van der Waals surface area (Å²) in [6.07, 6.45) is 4.73. The molecule has 1 aliphatic rings. The van der Waals surface area contributed by atoms with Crippen molar-refractivity contribution in [2.45, 2.75) is 45.6 Å². The fraction of sp³-hybridized carbons (Fsp3) is 0.292. The minimum atomic E-state index is -0.387. The van der Waals surface area contributed by atoms with Crippen LogP contribution in [0.1, 0.15) is 36.9 Å². The van der Waals surface area contributed by atoms with Crippen LogP contribution >= 0.6 is 0 Å². The number of nitrogens with zero attached hydrogens (tertiary/aromatic N) is 3. The van der Waals surface area contributed by atoms with Gasteiger partial charge in [-0.05, 0) is 62.6 Å². The van der Waals surface area contributed by atoms with Gasteiger partial charge in [-0.15, -0.1) is 0 Å². The van der Waals surface area contributed by atoms with Crippen LogP contribution in [-0.2, 0) is 0 Å². The highest BCUT2D eigenvalue weighted by molar-refractivity contribution is 5.77. The van der Waals surface area contributed by atoms with Crippen molar-refractivity contribution in [1.29, 1.82) is 0 Å². The van der Waals surface area contributed by atoms with E-state index in [1.807, 2.05) is 6.07 Å². The van der Waals surface area contributed by atoms with E-state index in [1.165, 1.54) is 18.9 Å². The Bertz CT molecular complexity index is 1280. The smallest absolute Gasteiger partial charge is 0.280 e. The van der Waals surface area contributed by atoms with Crippen molar-refractivity contribution in [3.05, 3.63) is 69.9 Å². The monoisotopic (exact) mass is 416 g/mol. The van der Waals surface area contributed by atoms with E-state index in [2.05, 4.69) is 35.7 Å². The van der Waals surface area contributed by atoms with E-state index in [1.54, 1.807) is 24.3 Å². The average Bonchev–Trinajstić information content (AvgIpc) is 3.48. The number of para-hydroxylation sites is 1. The Morgan fingerprint density at radius 3 is 2.61 bits per heavy atom. The first-order valence-electron chi connectivity index (χ1n) is 10.6. The maximum atomic E-state index is 11.4. The average molecular weight is 416 g/mol. The predicted octanol–water partition coefficient (Wildman–Crippen LogP) is 6.14. The van der Waals surface area contributed by atoms with Crippen LogP contribution in [0, 0.1) is 24.0 Å². The van der Waals surface area contributed by atoms with Crippen molar-refractivity contribution >= 4 is 17.2 Å². The lowest BCUT2D eigenvalue weighted by molar-refractivity contribution is -0.384. The second-order valence-electron chi connectivity index (χ2n) is 8.24. The molecule has 31 heavy (non-hydrogen) atoms. The van der Waals surface area contributed by atoms with Crippen molar-refractivity contribution in [2.24, 2.45) is 0 Å². The topological polar surface area (TPSA) is 85.6 Å². The minimum absolute atomic E-state index is 0.0224. The van der Waals surface area contributed by atoms with Crippen molar-refractivity contribution in [2.75, 3.05) is 5.32 Å². The first kappa shape index (κ1) is 19.4. The van der Waals surface area contributed by atoms with Gasteiger partial charge in [-0.25, -0.2) is 4.98 Å². The molecular formula is C24H24N4O3. The lowest BCUT2D eigenvalue weighted by Crippen LogP contribution is -2.17. The van der Waals surface area contributed by atoms with Gasteiger partial charge in [0.05, 0.1) is 10.5 Å². The Morgan fingerprint density at radius 1 is 1.10 bits per heavy atom. The van der Waals surface area contributed by atoms with Gasteiger partial charge < -0.3 is 9.73 Å². The molecule has 0 spiro atoms. The zero-order valence-electron chi connectivity index (χ0n) is 17.6. The van der Waals surface area contributed by atoms with Gasteiger partial charge in [-0.3, -0.25) is 14.5 Å². The number of anilines is 1. The number of rotatable bonds is 5. The van der Waals surface area contributed by atoms with Crippen LogP contribution in [0.3, 0.4) is 0 Å². The summed E-state index contributed by atoms with van der Waals surface area (Å²) in [4.78, 5) is 15.9. The molecule has 0 radical (unpaired) electrons. The molecule has 1 N–H and O–H groups in total. The highest BCUT2D eigenvalue weighted by atomic mass is 16.6. The number of aryl methyl sites for hydroxylation is 2. The Morgan fingerprint density at radius 2 is 1.84 bits per heavy atom. The van der Waals surface area contributed by atoms with Crippen molar-refractivity contribution < 1.29 is 9.34 Å². The standard InChI is InChI=1S/C24H24N4O3/c1-15-13-16(2)27-22(14-15)26-23(24(27)25-17-7-3-4-8-17)21-12-11-20(31-21)18-9-5-6-10-19(18)28(29)30/h5-6,9-14,17,25H,3-4,7-8H2,1-2H3. The van der Waals surface area contributed by atoms with Gasteiger partial charge in [0, 0.05) is 17.8 Å². The van der Waals surface area contributed by atoms with E-state index in [0.717, 1.165) is 41.3 Å². The molecule has 0 atom stereocenters. The third-order valence-electron chi connectivity index (χ3n) is 5.95. The van der Waals surface area contributed by atoms with E-state index in [4.69, 9.17) is 9.40 Å². The van der Waals surface area contributed by atoms with E-state index < -0.39 is 0 Å². The molecule has 1 aromatic carbocycles. The van der Waals surface area contributed by atoms with Gasteiger partial charge >= 0.3 is 0 Å². The minimum Gasteiger partial charge on any atom is -0.454 e. The number of nitrogens with one attached hydrogen (secondary N) is 1. The van der Waals surface area contributed by atoms with Gasteiger partial charge in [0.1, 0.15) is 22.9 Å². The van der Waals surface area contributed by atoms with Gasteiger partial charge in [0.15, 0.2) is 5.76 Å². The van der Waals surface area contributed by atoms with Gasteiger partial charge in [0.2, 0.25) is 0 Å². The number of benzene rings is 1. The summed E-state index contributed by atoms with van der Waals surface area (Å²) in [6.45, 7) is 4.14. The number of aromatic nitrogens is 2. The SMILES string of the molecule is Cc1cc(C)n2c(NC3CCCC3)c(-c3ccc(-c4ccccc4[N+](=O)[O-])o3)nc2c1. The second-order valence-corrected chi connectivity index (χ2v) is 8.24. The molecule has 4 aromatic rings. The molecular weight excluding hydrogens is 392 g/mol. The summed E-state index contributed by atoms with van der Waals surface area (Å²) in [5.74, 6) is 1.97. The number of nitro groups is 1. The number of nitro benzene ring substituents is 1. The Balaban J connectivity index is 1.64. The first-order chi connectivity index (χ1) is 15.0. The molecule has 7 nitrogen and oxygen atoms in total. The zero-order valence-corrected chi connectivity index (χ0v) is 17.6. The Hall–Kier alpha value is -3.61. The lowest BCUT2D eigenvalue weighted by atomic mass is 10.1. The number of furan rings is 1. The number of fused-ring (bicyclic) bond motifs is 1. The van der Waals surface area contributed by atoms with E-state index in [0.29, 0.717) is 23.1 Å². The molecule has 3 heterocycles. The molecule has 3 aromatic heterocycles. The van der Waals surface area contributed by atoms with Gasteiger partial charge in [0.25, 0.3) is 5.69 Å². The number of hydrogen-bond acceptors (Lipinski definition) is 5.